The van der Waals surface area contributed by atoms with Gasteiger partial charge in [0.2, 0.25) is 0 Å². The van der Waals surface area contributed by atoms with Crippen LogP contribution < -0.4 is 0 Å². The summed E-state index contributed by atoms with van der Waals surface area (Å²) < 4.78 is 0. The molecule has 6 nitrogen and oxygen atoms in total. The van der Waals surface area contributed by atoms with Crippen molar-refractivity contribution in [1.29, 1.82) is 10.5 Å². The normalized spacial score (nSPS) is 18.1. The summed E-state index contributed by atoms with van der Waals surface area (Å²) in [4.78, 5) is 4.81. The van der Waals surface area contributed by atoms with Crippen LogP contribution in [0.2, 0.25) is 0 Å². The molecule has 0 aromatic rings. The fourth-order valence-electron chi connectivity index (χ4n) is 1.83. The molecule has 0 saturated carbocycles. The zero-order valence-electron chi connectivity index (χ0n) is 13.9. The molecule has 23 heavy (non-hydrogen) atoms. The number of likely N-dealkylation sites (N-methyl/N-ethyl adjacent to an activating group) is 2. The van der Waals surface area contributed by atoms with Gasteiger partial charge in [-0.2, -0.15) is 13.1 Å². The quantitative estimate of drug-likeness (QED) is 0.349. The molecule has 1 rings (SSSR count). The molecule has 135 valence electrons. The first-order valence-corrected chi connectivity index (χ1v) is 8.10. The molecule has 9 heteroatoms. The van der Waals surface area contributed by atoms with Gasteiger partial charge in [0, 0.05) is 30.2 Å². The zero-order chi connectivity index (χ0) is 17.1. The molecule has 1 heterocycles. The largest absolute Gasteiger partial charge is 0.696 e. The van der Waals surface area contributed by atoms with Crippen LogP contribution >= 0.6 is 0 Å². The molecular formula is C14H26MnN6S2-4. The van der Waals surface area contributed by atoms with E-state index in [9.17, 15) is 0 Å². The predicted molar refractivity (Wildman–Crippen MR) is 96.4 cm³/mol. The molecule has 0 atom stereocenters. The third kappa shape index (κ3) is 27.0. The molecule has 0 spiro atoms. The third-order valence-electron chi connectivity index (χ3n) is 2.99. The van der Waals surface area contributed by atoms with Crippen molar-refractivity contribution in [3.63, 3.8) is 0 Å². The standard InChI is InChI=1S/C12H26N4.2CHNS.Mn/c1-15-9-3-5-13-7-8-14-6-4-10-16(2)12-11-15;2*2-1-3;/h3-12H2,1-2H3;2*3H;/q-2;;;/p-2. The Morgan fingerprint density at radius 3 is 1.35 bits per heavy atom. The average molecular weight is 397 g/mol. The SMILES string of the molecule is CN1CCC[N-]CC[N-]CCCN(C)CC1.N#C[S-].N#C[S-].[Mn]. The number of nitriles is 2. The van der Waals surface area contributed by atoms with Gasteiger partial charge in [0.15, 0.2) is 0 Å². The van der Waals surface area contributed by atoms with E-state index in [1.54, 1.807) is 0 Å². The summed E-state index contributed by atoms with van der Waals surface area (Å²) in [5, 5.41) is 25.9. The van der Waals surface area contributed by atoms with Crippen molar-refractivity contribution < 1.29 is 17.1 Å². The summed E-state index contributed by atoms with van der Waals surface area (Å²) in [6, 6.07) is 0. The maximum atomic E-state index is 7.13. The van der Waals surface area contributed by atoms with Crippen LogP contribution in [0, 0.1) is 21.3 Å². The van der Waals surface area contributed by atoms with Gasteiger partial charge in [-0.1, -0.05) is 23.6 Å². The molecule has 1 aliphatic rings. The molecular weight excluding hydrogens is 371 g/mol. The van der Waals surface area contributed by atoms with E-state index < -0.39 is 0 Å². The smallest absolute Gasteiger partial charge is 0.0106 e. The Kier molecular flexibility index (Phi) is 28.9. The monoisotopic (exact) mass is 397 g/mol. The summed E-state index contributed by atoms with van der Waals surface area (Å²) in [5.41, 5.74) is 0. The molecule has 1 radical (unpaired) electrons. The maximum Gasteiger partial charge on any atom is 0.0106 e. The number of rotatable bonds is 0. The zero-order valence-corrected chi connectivity index (χ0v) is 16.8. The van der Waals surface area contributed by atoms with E-state index in [4.69, 9.17) is 10.5 Å². The second-order valence-corrected chi connectivity index (χ2v) is 5.20. The van der Waals surface area contributed by atoms with Crippen molar-refractivity contribution in [3.8, 4) is 10.8 Å². The van der Waals surface area contributed by atoms with Crippen LogP contribution in [0.5, 0.6) is 0 Å². The van der Waals surface area contributed by atoms with Gasteiger partial charge < -0.3 is 45.7 Å². The van der Waals surface area contributed by atoms with Crippen LogP contribution in [0.15, 0.2) is 0 Å². The molecule has 1 aliphatic heterocycles. The van der Waals surface area contributed by atoms with E-state index in [0.29, 0.717) is 0 Å². The topological polar surface area (TPSA) is 82.3 Å². The summed E-state index contributed by atoms with van der Waals surface area (Å²) in [6.07, 6.45) is 2.36. The van der Waals surface area contributed by atoms with Gasteiger partial charge in [-0.3, -0.25) is 0 Å². The molecule has 0 unspecified atom stereocenters. The minimum absolute atomic E-state index is 0. The van der Waals surface area contributed by atoms with Gasteiger partial charge in [0.1, 0.15) is 0 Å². The van der Waals surface area contributed by atoms with Crippen molar-refractivity contribution in [2.45, 2.75) is 12.8 Å². The van der Waals surface area contributed by atoms with E-state index in [-0.39, 0.29) is 17.1 Å². The Morgan fingerprint density at radius 1 is 0.739 bits per heavy atom. The number of nitrogens with zero attached hydrogens (tertiary/aromatic N) is 6. The Bertz CT molecular complexity index is 279. The minimum Gasteiger partial charge on any atom is -0.696 e. The number of hydrogen-bond acceptors (Lipinski definition) is 6. The Hall–Kier alpha value is -0.221. The first kappa shape index (κ1) is 27.6. The van der Waals surface area contributed by atoms with Crippen LogP contribution in [0.3, 0.4) is 0 Å². The van der Waals surface area contributed by atoms with Gasteiger partial charge in [-0.25, -0.2) is 10.5 Å². The van der Waals surface area contributed by atoms with Crippen molar-refractivity contribution in [2.75, 3.05) is 66.5 Å². The Morgan fingerprint density at radius 2 is 1.04 bits per heavy atom. The van der Waals surface area contributed by atoms with Crippen LogP contribution in [-0.4, -0.2) is 76.3 Å². The van der Waals surface area contributed by atoms with Gasteiger partial charge in [-0.05, 0) is 27.2 Å². The molecule has 0 N–H and O–H groups in total. The summed E-state index contributed by atoms with van der Waals surface area (Å²) in [5.74, 6) is 0. The van der Waals surface area contributed by atoms with E-state index >= 15 is 0 Å². The van der Waals surface area contributed by atoms with Gasteiger partial charge >= 0.3 is 0 Å². The first-order chi connectivity index (χ1) is 10.6. The molecule has 0 bridgehead atoms. The average Bonchev–Trinajstić information content (AvgIpc) is 2.48. The van der Waals surface area contributed by atoms with Gasteiger partial charge in [0.25, 0.3) is 0 Å². The number of thiocyanates is 2. The fraction of sp³-hybridized carbons (Fsp3) is 0.857. The van der Waals surface area contributed by atoms with Gasteiger partial charge in [0.05, 0.1) is 0 Å². The van der Waals surface area contributed by atoms with Crippen molar-refractivity contribution in [2.24, 2.45) is 0 Å². The summed E-state index contributed by atoms with van der Waals surface area (Å²) in [7, 11) is 4.41. The Balaban J connectivity index is -0.000000497. The molecule has 0 aromatic carbocycles. The van der Waals surface area contributed by atoms with Crippen molar-refractivity contribution >= 4 is 25.3 Å². The second-order valence-electron chi connectivity index (χ2n) is 4.84. The first-order valence-electron chi connectivity index (χ1n) is 7.28. The van der Waals surface area contributed by atoms with E-state index in [2.05, 4.69) is 59.8 Å². The fourth-order valence-corrected chi connectivity index (χ4v) is 1.83. The molecule has 0 aliphatic carbocycles. The molecule has 1 fully saturated rings. The van der Waals surface area contributed by atoms with E-state index in [0.717, 1.165) is 52.4 Å². The Labute approximate surface area is 163 Å². The van der Waals surface area contributed by atoms with Crippen LogP contribution in [0.1, 0.15) is 12.8 Å². The van der Waals surface area contributed by atoms with Crippen LogP contribution in [-0.2, 0) is 42.3 Å². The van der Waals surface area contributed by atoms with Crippen molar-refractivity contribution in [3.05, 3.63) is 10.6 Å². The molecule has 0 amide bonds. The summed E-state index contributed by atoms with van der Waals surface area (Å²) in [6.45, 7) is 8.47. The minimum atomic E-state index is 0. The third-order valence-corrected chi connectivity index (χ3v) is 2.99. The number of hydrogen-bond donors (Lipinski definition) is 0. The van der Waals surface area contributed by atoms with Gasteiger partial charge in [-0.15, -0.1) is 13.1 Å². The van der Waals surface area contributed by atoms with Crippen LogP contribution in [0.4, 0.5) is 0 Å². The van der Waals surface area contributed by atoms with E-state index in [1.807, 2.05) is 0 Å². The van der Waals surface area contributed by atoms with Crippen LogP contribution in [0.25, 0.3) is 10.6 Å². The summed E-state index contributed by atoms with van der Waals surface area (Å²) >= 11 is 7.40. The molecule has 1 saturated heterocycles. The maximum absolute atomic E-state index is 7.13. The second kappa shape index (κ2) is 24.0. The van der Waals surface area contributed by atoms with Crippen molar-refractivity contribution in [1.82, 2.24) is 9.80 Å². The molecule has 0 aromatic heterocycles. The predicted octanol–water partition coefficient (Wildman–Crippen LogP) is 1.42. The van der Waals surface area contributed by atoms with E-state index in [1.165, 1.54) is 23.6 Å².